The molecule has 0 N–H and O–H groups in total. The minimum Gasteiger partial charge on any atom is -0.455 e. The second-order valence-electron chi connectivity index (χ2n) is 12.5. The molecule has 3 aromatic heterocycles. The molecule has 0 fully saturated rings. The summed E-state index contributed by atoms with van der Waals surface area (Å²) in [7, 11) is 0. The fourth-order valence-electron chi connectivity index (χ4n) is 7.46. The van der Waals surface area contributed by atoms with Gasteiger partial charge < -0.3 is 13.6 Å². The van der Waals surface area contributed by atoms with Gasteiger partial charge in [-0.05, 0) is 78.7 Å². The van der Waals surface area contributed by atoms with Crippen LogP contribution >= 0.6 is 0 Å². The molecule has 0 saturated heterocycles. The van der Waals surface area contributed by atoms with Crippen LogP contribution in [0.25, 0.3) is 88.1 Å². The standard InChI is InChI=1S/C42H26N2O.C5H8/c1-2-10-27(11-3-1)28-18-20-29(21-19-28)43-38-25-24-34-33-14-6-9-17-40(33)45-42(34)41(38)35-23-22-30(26-39(35)43)44-36-15-7-4-12-31(36)32-13-5-8-16-37(32)44;1-3-5-4-2/h1-26H;3-5H,1H2,2H3/b;5-4-. The van der Waals surface area contributed by atoms with Crippen LogP contribution < -0.4 is 0 Å². The molecule has 238 valence electrons. The molecule has 0 bridgehead atoms. The van der Waals surface area contributed by atoms with Gasteiger partial charge in [0.1, 0.15) is 11.2 Å². The molecule has 0 radical (unpaired) electrons. The summed E-state index contributed by atoms with van der Waals surface area (Å²) in [6.45, 7) is 5.42. The van der Waals surface area contributed by atoms with E-state index in [1.807, 2.05) is 25.1 Å². The maximum Gasteiger partial charge on any atom is 0.145 e. The number of hydrogen-bond donors (Lipinski definition) is 0. The maximum atomic E-state index is 6.60. The van der Waals surface area contributed by atoms with Crippen LogP contribution in [0.5, 0.6) is 0 Å². The summed E-state index contributed by atoms with van der Waals surface area (Å²) in [5.41, 5.74) is 11.2. The van der Waals surface area contributed by atoms with Crippen LogP contribution in [-0.2, 0) is 0 Å². The highest BCUT2D eigenvalue weighted by Crippen LogP contribution is 2.42. The van der Waals surface area contributed by atoms with Crippen LogP contribution in [0.3, 0.4) is 0 Å². The summed E-state index contributed by atoms with van der Waals surface area (Å²) in [4.78, 5) is 0. The Labute approximate surface area is 290 Å². The molecule has 10 rings (SSSR count). The zero-order valence-electron chi connectivity index (χ0n) is 27.8. The smallest absolute Gasteiger partial charge is 0.145 e. The predicted molar refractivity (Wildman–Crippen MR) is 213 cm³/mol. The molecular weight excluding hydrogens is 609 g/mol. The number of furan rings is 1. The molecule has 0 amide bonds. The molecule has 3 heteroatoms. The third kappa shape index (κ3) is 4.67. The zero-order chi connectivity index (χ0) is 33.6. The Kier molecular flexibility index (Phi) is 7.18. The molecule has 0 aliphatic heterocycles. The Bertz CT molecular complexity index is 2830. The van der Waals surface area contributed by atoms with Gasteiger partial charge in [0.25, 0.3) is 0 Å². The molecule has 0 atom stereocenters. The van der Waals surface area contributed by atoms with Crippen LogP contribution in [0.15, 0.2) is 187 Å². The molecule has 0 aliphatic carbocycles. The first-order chi connectivity index (χ1) is 24.7. The van der Waals surface area contributed by atoms with Crippen molar-refractivity contribution in [2.45, 2.75) is 6.92 Å². The van der Waals surface area contributed by atoms with Gasteiger partial charge in [0.2, 0.25) is 0 Å². The lowest BCUT2D eigenvalue weighted by Gasteiger charge is -2.12. The van der Waals surface area contributed by atoms with Crippen molar-refractivity contribution in [3.05, 3.63) is 183 Å². The van der Waals surface area contributed by atoms with E-state index in [0.29, 0.717) is 0 Å². The van der Waals surface area contributed by atoms with Crippen molar-refractivity contribution in [2.75, 3.05) is 0 Å². The van der Waals surface area contributed by atoms with Gasteiger partial charge in [-0.25, -0.2) is 0 Å². The topological polar surface area (TPSA) is 23.0 Å². The number of para-hydroxylation sites is 3. The van der Waals surface area contributed by atoms with Gasteiger partial charge in [-0.1, -0.05) is 122 Å². The predicted octanol–water partition coefficient (Wildman–Crippen LogP) is 13.2. The van der Waals surface area contributed by atoms with Gasteiger partial charge in [-0.2, -0.15) is 0 Å². The van der Waals surface area contributed by atoms with Crippen LogP contribution in [0.1, 0.15) is 6.92 Å². The minimum absolute atomic E-state index is 0.912. The second kappa shape index (κ2) is 12.1. The molecule has 0 saturated carbocycles. The minimum atomic E-state index is 0.912. The highest BCUT2D eigenvalue weighted by Gasteiger charge is 2.20. The largest absolute Gasteiger partial charge is 0.455 e. The number of benzene rings is 7. The molecule has 0 aliphatic rings. The quantitative estimate of drug-likeness (QED) is 0.175. The van der Waals surface area contributed by atoms with Crippen molar-refractivity contribution < 1.29 is 4.42 Å². The number of allylic oxidation sites excluding steroid dienone is 3. The van der Waals surface area contributed by atoms with E-state index in [1.165, 1.54) is 38.3 Å². The summed E-state index contributed by atoms with van der Waals surface area (Å²) in [6, 6.07) is 56.5. The van der Waals surface area contributed by atoms with Crippen LogP contribution in [0.2, 0.25) is 0 Å². The van der Waals surface area contributed by atoms with E-state index in [-0.39, 0.29) is 0 Å². The van der Waals surface area contributed by atoms with Gasteiger partial charge in [0.05, 0.1) is 27.5 Å². The maximum absolute atomic E-state index is 6.60. The van der Waals surface area contributed by atoms with Gasteiger partial charge >= 0.3 is 0 Å². The Balaban J connectivity index is 0.000000632. The number of rotatable bonds is 4. The fourth-order valence-corrected chi connectivity index (χ4v) is 7.46. The Morgan fingerprint density at radius 2 is 1.06 bits per heavy atom. The van der Waals surface area contributed by atoms with Crippen LogP contribution in [-0.4, -0.2) is 9.13 Å². The lowest BCUT2D eigenvalue weighted by Crippen LogP contribution is -1.97. The van der Waals surface area contributed by atoms with E-state index in [1.54, 1.807) is 6.08 Å². The summed E-state index contributed by atoms with van der Waals surface area (Å²) in [5.74, 6) is 0. The van der Waals surface area contributed by atoms with Crippen molar-refractivity contribution in [2.24, 2.45) is 0 Å². The number of aromatic nitrogens is 2. The Morgan fingerprint density at radius 3 is 1.74 bits per heavy atom. The molecule has 0 unspecified atom stereocenters. The van der Waals surface area contributed by atoms with E-state index >= 15 is 0 Å². The highest BCUT2D eigenvalue weighted by molar-refractivity contribution is 6.24. The van der Waals surface area contributed by atoms with E-state index in [2.05, 4.69) is 167 Å². The van der Waals surface area contributed by atoms with E-state index < -0.39 is 0 Å². The highest BCUT2D eigenvalue weighted by atomic mass is 16.3. The SMILES string of the molecule is C=C/C=C\C.c1ccc(-c2ccc(-n3c4cc(-n5c6ccccc6c6ccccc65)ccc4c4c5oc6ccccc6c5ccc43)cc2)cc1. The molecule has 0 spiro atoms. The van der Waals surface area contributed by atoms with Gasteiger partial charge in [0.15, 0.2) is 0 Å². The lowest BCUT2D eigenvalue weighted by atomic mass is 10.1. The summed E-state index contributed by atoms with van der Waals surface area (Å²) in [5, 5.41) is 7.11. The first-order valence-electron chi connectivity index (χ1n) is 17.0. The van der Waals surface area contributed by atoms with E-state index in [9.17, 15) is 0 Å². The number of nitrogens with zero attached hydrogens (tertiary/aromatic N) is 2. The summed E-state index contributed by atoms with van der Waals surface area (Å²) < 4.78 is 11.4. The van der Waals surface area contributed by atoms with Crippen LogP contribution in [0, 0.1) is 0 Å². The zero-order valence-corrected chi connectivity index (χ0v) is 27.8. The molecule has 50 heavy (non-hydrogen) atoms. The third-order valence-corrected chi connectivity index (χ3v) is 9.66. The molecule has 3 nitrogen and oxygen atoms in total. The molecular formula is C47H34N2O. The van der Waals surface area contributed by atoms with Gasteiger partial charge in [-0.3, -0.25) is 0 Å². The molecule has 10 aromatic rings. The first kappa shape index (κ1) is 29.6. The average Bonchev–Trinajstić information content (AvgIpc) is 3.83. The monoisotopic (exact) mass is 642 g/mol. The van der Waals surface area contributed by atoms with Gasteiger partial charge in [0, 0.05) is 38.3 Å². The van der Waals surface area contributed by atoms with Crippen molar-refractivity contribution in [1.82, 2.24) is 9.13 Å². The average molecular weight is 643 g/mol. The second-order valence-corrected chi connectivity index (χ2v) is 12.5. The first-order valence-corrected chi connectivity index (χ1v) is 17.0. The van der Waals surface area contributed by atoms with Gasteiger partial charge in [-0.15, -0.1) is 0 Å². The van der Waals surface area contributed by atoms with Crippen molar-refractivity contribution in [1.29, 1.82) is 0 Å². The van der Waals surface area contributed by atoms with Crippen LogP contribution in [0.4, 0.5) is 0 Å². The fraction of sp³-hybridized carbons (Fsp3) is 0.0213. The lowest BCUT2D eigenvalue weighted by molar-refractivity contribution is 0.673. The van der Waals surface area contributed by atoms with E-state index in [4.69, 9.17) is 4.42 Å². The van der Waals surface area contributed by atoms with Crippen molar-refractivity contribution in [3.63, 3.8) is 0 Å². The molecule has 3 heterocycles. The third-order valence-electron chi connectivity index (χ3n) is 9.66. The Hall–Kier alpha value is -6.58. The number of fused-ring (bicyclic) bond motifs is 10. The normalized spacial score (nSPS) is 11.7. The number of hydrogen-bond acceptors (Lipinski definition) is 1. The van der Waals surface area contributed by atoms with Crippen molar-refractivity contribution in [3.8, 4) is 22.5 Å². The Morgan fingerprint density at radius 1 is 0.480 bits per heavy atom. The molecule has 7 aromatic carbocycles. The summed E-state index contributed by atoms with van der Waals surface area (Å²) in [6.07, 6.45) is 5.58. The van der Waals surface area contributed by atoms with Crippen molar-refractivity contribution >= 4 is 65.6 Å². The van der Waals surface area contributed by atoms with E-state index in [0.717, 1.165) is 49.7 Å². The summed E-state index contributed by atoms with van der Waals surface area (Å²) >= 11 is 0.